The molecule has 0 aliphatic heterocycles. The average Bonchev–Trinajstić information content (AvgIpc) is 3.12. The minimum Gasteiger partial charge on any atom is -0.495 e. The zero-order chi connectivity index (χ0) is 21.0. The number of hydrogen-bond acceptors (Lipinski definition) is 5. The van der Waals surface area contributed by atoms with E-state index in [4.69, 9.17) is 16.3 Å². The summed E-state index contributed by atoms with van der Waals surface area (Å²) in [5.74, 6) is 1.38. The highest BCUT2D eigenvalue weighted by atomic mass is 35.5. The molecule has 0 spiro atoms. The number of methoxy groups -OCH3 is 1. The number of anilines is 1. The maximum atomic E-state index is 12.5. The molecule has 0 saturated carbocycles. The van der Waals surface area contributed by atoms with Gasteiger partial charge in [0, 0.05) is 23.2 Å². The Morgan fingerprint density at radius 2 is 1.97 bits per heavy atom. The highest BCUT2D eigenvalue weighted by Crippen LogP contribution is 2.31. The van der Waals surface area contributed by atoms with Gasteiger partial charge in [0.2, 0.25) is 5.91 Å². The Bertz CT molecular complexity index is 1040. The van der Waals surface area contributed by atoms with Crippen LogP contribution in [0, 0.1) is 13.8 Å². The van der Waals surface area contributed by atoms with Crippen LogP contribution in [0.2, 0.25) is 5.02 Å². The van der Waals surface area contributed by atoms with E-state index in [2.05, 4.69) is 15.5 Å². The summed E-state index contributed by atoms with van der Waals surface area (Å²) in [4.78, 5) is 12.5. The summed E-state index contributed by atoms with van der Waals surface area (Å²) in [6, 6.07) is 11.6. The molecule has 0 aliphatic carbocycles. The molecule has 1 N–H and O–H groups in total. The number of rotatable bonds is 7. The molecule has 0 radical (unpaired) electrons. The van der Waals surface area contributed by atoms with Gasteiger partial charge < -0.3 is 14.6 Å². The van der Waals surface area contributed by atoms with Crippen molar-refractivity contribution in [2.24, 2.45) is 0 Å². The Kier molecular flexibility index (Phi) is 6.82. The number of thioether (sulfide) groups is 1. The summed E-state index contributed by atoms with van der Waals surface area (Å²) in [7, 11) is 1.54. The van der Waals surface area contributed by atoms with Crippen LogP contribution in [0.15, 0.2) is 41.6 Å². The summed E-state index contributed by atoms with van der Waals surface area (Å²) in [6.07, 6.45) is 0. The molecule has 0 bridgehead atoms. The quantitative estimate of drug-likeness (QED) is 0.535. The molecule has 3 rings (SSSR count). The normalized spacial score (nSPS) is 10.8. The second kappa shape index (κ2) is 9.33. The topological polar surface area (TPSA) is 69.0 Å². The van der Waals surface area contributed by atoms with E-state index in [1.807, 2.05) is 49.6 Å². The number of aryl methyl sites for hydroxylation is 2. The second-order valence-corrected chi connectivity index (χ2v) is 7.85. The lowest BCUT2D eigenvalue weighted by atomic mass is 10.1. The standard InChI is InChI=1S/C21H23ClN4O2S/c1-5-26-20(15-9-7-6-8-13(15)2)24-25-21(26)29-12-19(27)23-17-10-14(3)16(22)11-18(17)28-4/h6-11H,5,12H2,1-4H3,(H,23,27). The van der Waals surface area contributed by atoms with E-state index in [1.54, 1.807) is 19.2 Å². The molecule has 0 unspecified atom stereocenters. The molecular weight excluding hydrogens is 408 g/mol. The molecule has 0 saturated heterocycles. The molecule has 29 heavy (non-hydrogen) atoms. The van der Waals surface area contributed by atoms with Crippen LogP contribution in [0.1, 0.15) is 18.1 Å². The molecule has 6 nitrogen and oxygen atoms in total. The second-order valence-electron chi connectivity index (χ2n) is 6.50. The number of halogens is 1. The van der Waals surface area contributed by atoms with Gasteiger partial charge in [-0.3, -0.25) is 4.79 Å². The van der Waals surface area contributed by atoms with Crippen LogP contribution < -0.4 is 10.1 Å². The molecule has 0 aliphatic rings. The molecule has 3 aromatic rings. The van der Waals surface area contributed by atoms with Gasteiger partial charge in [-0.2, -0.15) is 0 Å². The number of nitrogens with zero attached hydrogens (tertiary/aromatic N) is 3. The number of aromatic nitrogens is 3. The van der Waals surface area contributed by atoms with Gasteiger partial charge in [0.1, 0.15) is 5.75 Å². The van der Waals surface area contributed by atoms with Gasteiger partial charge in [-0.1, -0.05) is 47.6 Å². The fraction of sp³-hybridized carbons (Fsp3) is 0.286. The van der Waals surface area contributed by atoms with Gasteiger partial charge in [0.15, 0.2) is 11.0 Å². The van der Waals surface area contributed by atoms with Gasteiger partial charge in [0.05, 0.1) is 18.6 Å². The number of benzene rings is 2. The van der Waals surface area contributed by atoms with Crippen LogP contribution in [-0.2, 0) is 11.3 Å². The Balaban J connectivity index is 1.73. The highest BCUT2D eigenvalue weighted by molar-refractivity contribution is 7.99. The van der Waals surface area contributed by atoms with E-state index in [0.717, 1.165) is 22.5 Å². The third-order valence-electron chi connectivity index (χ3n) is 4.51. The van der Waals surface area contributed by atoms with E-state index in [9.17, 15) is 4.79 Å². The number of nitrogens with one attached hydrogen (secondary N) is 1. The van der Waals surface area contributed by atoms with E-state index in [0.29, 0.717) is 28.2 Å². The van der Waals surface area contributed by atoms with Crippen molar-refractivity contribution in [2.75, 3.05) is 18.2 Å². The van der Waals surface area contributed by atoms with Crippen molar-refractivity contribution < 1.29 is 9.53 Å². The Morgan fingerprint density at radius 3 is 2.66 bits per heavy atom. The van der Waals surface area contributed by atoms with E-state index >= 15 is 0 Å². The first-order valence-corrected chi connectivity index (χ1v) is 10.6. The number of carbonyl (C=O) groups excluding carboxylic acids is 1. The van der Waals surface area contributed by atoms with Gasteiger partial charge in [0.25, 0.3) is 0 Å². The summed E-state index contributed by atoms with van der Waals surface area (Å²) in [5, 5.41) is 12.8. The van der Waals surface area contributed by atoms with Crippen LogP contribution >= 0.6 is 23.4 Å². The largest absolute Gasteiger partial charge is 0.495 e. The third kappa shape index (κ3) is 4.74. The highest BCUT2D eigenvalue weighted by Gasteiger charge is 2.16. The van der Waals surface area contributed by atoms with Crippen molar-refractivity contribution >= 4 is 35.0 Å². The fourth-order valence-corrected chi connectivity index (χ4v) is 3.91. The lowest BCUT2D eigenvalue weighted by Gasteiger charge is -2.12. The average molecular weight is 431 g/mol. The monoisotopic (exact) mass is 430 g/mol. The van der Waals surface area contributed by atoms with Crippen LogP contribution in [0.4, 0.5) is 5.69 Å². The first-order chi connectivity index (χ1) is 13.9. The predicted octanol–water partition coefficient (Wildman–Crippen LogP) is 4.97. The molecule has 8 heteroatoms. The van der Waals surface area contributed by atoms with Crippen molar-refractivity contribution in [3.63, 3.8) is 0 Å². The lowest BCUT2D eigenvalue weighted by Crippen LogP contribution is -2.15. The van der Waals surface area contributed by atoms with Crippen LogP contribution in [0.25, 0.3) is 11.4 Å². The number of amides is 1. The molecule has 1 aromatic heterocycles. The number of ether oxygens (including phenoxy) is 1. The summed E-state index contributed by atoms with van der Waals surface area (Å²) >= 11 is 7.48. The number of carbonyl (C=O) groups is 1. The third-order valence-corrected chi connectivity index (χ3v) is 5.88. The SMILES string of the molecule is CCn1c(SCC(=O)Nc2cc(C)c(Cl)cc2OC)nnc1-c1ccccc1C. The molecule has 1 heterocycles. The zero-order valence-corrected chi connectivity index (χ0v) is 18.4. The van der Waals surface area contributed by atoms with Crippen molar-refractivity contribution in [1.29, 1.82) is 0 Å². The van der Waals surface area contributed by atoms with Crippen molar-refractivity contribution in [3.8, 4) is 17.1 Å². The summed E-state index contributed by atoms with van der Waals surface area (Å²) < 4.78 is 7.33. The Hall–Kier alpha value is -2.51. The minimum atomic E-state index is -0.155. The van der Waals surface area contributed by atoms with E-state index in [-0.39, 0.29) is 11.7 Å². The van der Waals surface area contributed by atoms with Gasteiger partial charge in [-0.25, -0.2) is 0 Å². The molecular formula is C21H23ClN4O2S. The molecule has 2 aromatic carbocycles. The van der Waals surface area contributed by atoms with Crippen molar-refractivity contribution in [2.45, 2.75) is 32.5 Å². The predicted molar refractivity (Wildman–Crippen MR) is 118 cm³/mol. The van der Waals surface area contributed by atoms with E-state index < -0.39 is 0 Å². The maximum Gasteiger partial charge on any atom is 0.234 e. The molecule has 152 valence electrons. The first-order valence-electron chi connectivity index (χ1n) is 9.20. The smallest absolute Gasteiger partial charge is 0.234 e. The van der Waals surface area contributed by atoms with Crippen molar-refractivity contribution in [3.05, 3.63) is 52.5 Å². The van der Waals surface area contributed by atoms with Crippen LogP contribution in [0.3, 0.4) is 0 Å². The summed E-state index contributed by atoms with van der Waals surface area (Å²) in [6.45, 7) is 6.68. The zero-order valence-electron chi connectivity index (χ0n) is 16.8. The Morgan fingerprint density at radius 1 is 1.21 bits per heavy atom. The summed E-state index contributed by atoms with van der Waals surface area (Å²) in [5.41, 5.74) is 3.63. The molecule has 1 amide bonds. The molecule has 0 atom stereocenters. The molecule has 0 fully saturated rings. The first kappa shape index (κ1) is 21.2. The maximum absolute atomic E-state index is 12.5. The fourth-order valence-electron chi connectivity index (χ4n) is 2.95. The number of hydrogen-bond donors (Lipinski definition) is 1. The minimum absolute atomic E-state index is 0.155. The van der Waals surface area contributed by atoms with Gasteiger partial charge in [-0.05, 0) is 38.0 Å². The Labute approximate surface area is 179 Å². The van der Waals surface area contributed by atoms with E-state index in [1.165, 1.54) is 11.8 Å². The van der Waals surface area contributed by atoms with Crippen LogP contribution in [0.5, 0.6) is 5.75 Å². The van der Waals surface area contributed by atoms with Gasteiger partial charge >= 0.3 is 0 Å². The lowest BCUT2D eigenvalue weighted by molar-refractivity contribution is -0.113. The van der Waals surface area contributed by atoms with Crippen molar-refractivity contribution in [1.82, 2.24) is 14.8 Å². The van der Waals surface area contributed by atoms with Gasteiger partial charge in [-0.15, -0.1) is 10.2 Å². The van der Waals surface area contributed by atoms with Crippen LogP contribution in [-0.4, -0.2) is 33.5 Å².